The summed E-state index contributed by atoms with van der Waals surface area (Å²) in [6, 6.07) is 6.67. The van der Waals surface area contributed by atoms with Crippen LogP contribution in [-0.4, -0.2) is 17.8 Å². The Balaban J connectivity index is 1.60. The Morgan fingerprint density at radius 1 is 1.21 bits per heavy atom. The molecule has 2 aliphatic carbocycles. The van der Waals surface area contributed by atoms with Crippen LogP contribution in [0.5, 0.6) is 0 Å². The number of aryl methyl sites for hydroxylation is 1. The van der Waals surface area contributed by atoms with Gasteiger partial charge in [-0.3, -0.25) is 0 Å². The summed E-state index contributed by atoms with van der Waals surface area (Å²) in [5, 5.41) is 14.5. The second-order valence-electron chi connectivity index (χ2n) is 5.95. The number of benzene rings is 1. The molecule has 0 spiro atoms. The topological polar surface area (TPSA) is 32.3 Å². The third-order valence-corrected chi connectivity index (χ3v) is 4.91. The van der Waals surface area contributed by atoms with Crippen LogP contribution in [0.2, 0.25) is 5.02 Å². The van der Waals surface area contributed by atoms with Gasteiger partial charge in [0.05, 0.1) is 6.10 Å². The van der Waals surface area contributed by atoms with Crippen molar-refractivity contribution in [3.8, 4) is 0 Å². The lowest BCUT2D eigenvalue weighted by Gasteiger charge is -2.29. The average molecular weight is 280 g/mol. The molecule has 104 valence electrons. The first-order valence-corrected chi connectivity index (χ1v) is 7.81. The lowest BCUT2D eigenvalue weighted by molar-refractivity contribution is 0.0681. The van der Waals surface area contributed by atoms with Crippen LogP contribution in [0.3, 0.4) is 0 Å². The van der Waals surface area contributed by atoms with Crippen molar-refractivity contribution in [2.75, 3.05) is 6.54 Å². The van der Waals surface area contributed by atoms with Crippen LogP contribution in [-0.2, 0) is 6.42 Å². The summed E-state index contributed by atoms with van der Waals surface area (Å²) in [5.41, 5.74) is 2.78. The zero-order chi connectivity index (χ0) is 13.2. The summed E-state index contributed by atoms with van der Waals surface area (Å²) in [5.74, 6) is 0.435. The van der Waals surface area contributed by atoms with Gasteiger partial charge in [0, 0.05) is 17.6 Å². The van der Waals surface area contributed by atoms with Crippen molar-refractivity contribution < 1.29 is 5.11 Å². The molecule has 1 aromatic carbocycles. The van der Waals surface area contributed by atoms with E-state index in [2.05, 4.69) is 17.4 Å². The molecule has 0 radical (unpaired) electrons. The summed E-state index contributed by atoms with van der Waals surface area (Å²) < 4.78 is 0. The van der Waals surface area contributed by atoms with Gasteiger partial charge >= 0.3 is 0 Å². The molecule has 0 heterocycles. The van der Waals surface area contributed by atoms with Crippen molar-refractivity contribution >= 4 is 11.6 Å². The lowest BCUT2D eigenvalue weighted by Crippen LogP contribution is -2.35. The SMILES string of the molecule is OC1CCCCC1CNC1CCc2cc(Cl)ccc21. The molecule has 1 fully saturated rings. The fourth-order valence-electron chi connectivity index (χ4n) is 3.52. The Bertz CT molecular complexity index is 448. The molecule has 0 aromatic heterocycles. The van der Waals surface area contributed by atoms with E-state index in [-0.39, 0.29) is 6.10 Å². The van der Waals surface area contributed by atoms with Crippen molar-refractivity contribution in [1.82, 2.24) is 5.32 Å². The fourth-order valence-corrected chi connectivity index (χ4v) is 3.71. The highest BCUT2D eigenvalue weighted by Crippen LogP contribution is 2.33. The maximum atomic E-state index is 10.0. The zero-order valence-corrected chi connectivity index (χ0v) is 12.0. The number of hydrogen-bond donors (Lipinski definition) is 2. The first kappa shape index (κ1) is 13.4. The standard InChI is InChI=1S/C16H22ClNO/c17-13-6-7-14-11(9-13)5-8-15(14)18-10-12-3-1-2-4-16(12)19/h6-7,9,12,15-16,18-19H,1-5,8,10H2. The van der Waals surface area contributed by atoms with Crippen molar-refractivity contribution in [2.45, 2.75) is 50.7 Å². The molecule has 3 unspecified atom stereocenters. The monoisotopic (exact) mass is 279 g/mol. The van der Waals surface area contributed by atoms with Crippen molar-refractivity contribution in [3.05, 3.63) is 34.3 Å². The number of aliphatic hydroxyl groups excluding tert-OH is 1. The minimum absolute atomic E-state index is 0.104. The molecule has 1 saturated carbocycles. The van der Waals surface area contributed by atoms with Crippen LogP contribution < -0.4 is 5.32 Å². The average Bonchev–Trinajstić information content (AvgIpc) is 2.80. The van der Waals surface area contributed by atoms with E-state index in [0.717, 1.165) is 37.3 Å². The lowest BCUT2D eigenvalue weighted by atomic mass is 9.86. The van der Waals surface area contributed by atoms with E-state index in [4.69, 9.17) is 11.6 Å². The molecular formula is C16H22ClNO. The van der Waals surface area contributed by atoms with Gasteiger partial charge in [0.25, 0.3) is 0 Å². The molecule has 19 heavy (non-hydrogen) atoms. The van der Waals surface area contributed by atoms with Gasteiger partial charge in [0.2, 0.25) is 0 Å². The number of fused-ring (bicyclic) bond motifs is 1. The van der Waals surface area contributed by atoms with Crippen LogP contribution in [0, 0.1) is 5.92 Å². The molecule has 3 heteroatoms. The van der Waals surface area contributed by atoms with Gasteiger partial charge in [0.1, 0.15) is 0 Å². The molecule has 3 atom stereocenters. The molecule has 0 bridgehead atoms. The second-order valence-corrected chi connectivity index (χ2v) is 6.39. The Morgan fingerprint density at radius 2 is 2.05 bits per heavy atom. The summed E-state index contributed by atoms with van der Waals surface area (Å²) >= 11 is 6.04. The third kappa shape index (κ3) is 2.96. The Labute approximate surface area is 120 Å². The predicted molar refractivity (Wildman–Crippen MR) is 78.5 cm³/mol. The molecule has 2 N–H and O–H groups in total. The first-order valence-electron chi connectivity index (χ1n) is 7.44. The molecular weight excluding hydrogens is 258 g/mol. The Morgan fingerprint density at radius 3 is 2.89 bits per heavy atom. The molecule has 0 amide bonds. The second kappa shape index (κ2) is 5.82. The minimum Gasteiger partial charge on any atom is -0.393 e. The maximum Gasteiger partial charge on any atom is 0.0580 e. The molecule has 0 aliphatic heterocycles. The molecule has 2 nitrogen and oxygen atoms in total. The van der Waals surface area contributed by atoms with Gasteiger partial charge in [-0.15, -0.1) is 0 Å². The van der Waals surface area contributed by atoms with Crippen LogP contribution in [0.1, 0.15) is 49.3 Å². The Kier molecular flexibility index (Phi) is 4.11. The van der Waals surface area contributed by atoms with Gasteiger partial charge in [-0.2, -0.15) is 0 Å². The summed E-state index contributed by atoms with van der Waals surface area (Å²) in [7, 11) is 0. The van der Waals surface area contributed by atoms with E-state index < -0.39 is 0 Å². The summed E-state index contributed by atoms with van der Waals surface area (Å²) in [6.07, 6.45) is 6.74. The smallest absolute Gasteiger partial charge is 0.0580 e. The van der Waals surface area contributed by atoms with Gasteiger partial charge in [-0.25, -0.2) is 0 Å². The molecule has 1 aromatic rings. The van der Waals surface area contributed by atoms with Gasteiger partial charge < -0.3 is 10.4 Å². The highest BCUT2D eigenvalue weighted by molar-refractivity contribution is 6.30. The predicted octanol–water partition coefficient (Wildman–Crippen LogP) is 3.47. The fraction of sp³-hybridized carbons (Fsp3) is 0.625. The normalized spacial score (nSPS) is 30.3. The van der Waals surface area contributed by atoms with Gasteiger partial charge in [-0.05, 0) is 54.9 Å². The van der Waals surface area contributed by atoms with Crippen LogP contribution >= 0.6 is 11.6 Å². The van der Waals surface area contributed by atoms with E-state index in [0.29, 0.717) is 12.0 Å². The van der Waals surface area contributed by atoms with Crippen molar-refractivity contribution in [2.24, 2.45) is 5.92 Å². The Hall–Kier alpha value is -0.570. The zero-order valence-electron chi connectivity index (χ0n) is 11.2. The van der Waals surface area contributed by atoms with Crippen LogP contribution in [0.15, 0.2) is 18.2 Å². The number of hydrogen-bond acceptors (Lipinski definition) is 2. The number of aliphatic hydroxyl groups is 1. The molecule has 2 aliphatic rings. The first-order chi connectivity index (χ1) is 9.24. The minimum atomic E-state index is -0.104. The molecule has 0 saturated heterocycles. The number of nitrogens with one attached hydrogen (secondary N) is 1. The highest BCUT2D eigenvalue weighted by atomic mass is 35.5. The number of rotatable bonds is 3. The third-order valence-electron chi connectivity index (χ3n) is 4.68. The highest BCUT2D eigenvalue weighted by Gasteiger charge is 2.26. The number of halogens is 1. The van der Waals surface area contributed by atoms with Crippen LogP contribution in [0.25, 0.3) is 0 Å². The van der Waals surface area contributed by atoms with Gasteiger partial charge in [0.15, 0.2) is 0 Å². The molecule has 3 rings (SSSR count). The van der Waals surface area contributed by atoms with Gasteiger partial charge in [-0.1, -0.05) is 30.5 Å². The van der Waals surface area contributed by atoms with Crippen molar-refractivity contribution in [3.63, 3.8) is 0 Å². The van der Waals surface area contributed by atoms with Crippen LogP contribution in [0.4, 0.5) is 0 Å². The van der Waals surface area contributed by atoms with E-state index in [9.17, 15) is 5.11 Å². The maximum absolute atomic E-state index is 10.0. The van der Waals surface area contributed by atoms with E-state index in [1.165, 1.54) is 24.0 Å². The van der Waals surface area contributed by atoms with E-state index >= 15 is 0 Å². The summed E-state index contributed by atoms with van der Waals surface area (Å²) in [6.45, 7) is 0.938. The quantitative estimate of drug-likeness (QED) is 0.888. The van der Waals surface area contributed by atoms with E-state index in [1.54, 1.807) is 0 Å². The largest absolute Gasteiger partial charge is 0.393 e. The summed E-state index contributed by atoms with van der Waals surface area (Å²) in [4.78, 5) is 0. The van der Waals surface area contributed by atoms with Crippen molar-refractivity contribution in [1.29, 1.82) is 0 Å². The van der Waals surface area contributed by atoms with E-state index in [1.807, 2.05) is 6.07 Å².